The van der Waals surface area contributed by atoms with Gasteiger partial charge in [-0.2, -0.15) is 0 Å². The van der Waals surface area contributed by atoms with Crippen LogP contribution in [0.5, 0.6) is 0 Å². The average molecular weight is 208 g/mol. The summed E-state index contributed by atoms with van der Waals surface area (Å²) in [7, 11) is 0. The van der Waals surface area contributed by atoms with Crippen molar-refractivity contribution in [1.29, 1.82) is 0 Å². The van der Waals surface area contributed by atoms with Gasteiger partial charge >= 0.3 is 0 Å². The second-order valence-electron chi connectivity index (χ2n) is 2.92. The maximum Gasteiger partial charge on any atom is 0.107 e. The molecule has 0 atom stereocenters. The molecule has 14 heavy (non-hydrogen) atoms. The molecular formula is C10H10ClN3. The van der Waals surface area contributed by atoms with Crippen LogP contribution >= 0.6 is 11.6 Å². The zero-order chi connectivity index (χ0) is 9.80. The summed E-state index contributed by atoms with van der Waals surface area (Å²) in [5.74, 6) is 1.50. The van der Waals surface area contributed by atoms with Crippen LogP contribution in [0.2, 0.25) is 0 Å². The van der Waals surface area contributed by atoms with Crippen LogP contribution in [0.1, 0.15) is 5.82 Å². The standard InChI is InChI=1S/C10H10ClN3/c11-4-3-10-13-7-9(14-10)8-2-1-5-12-6-8/h1-2,5-7H,3-4H2,(H,13,14). The molecule has 3 nitrogen and oxygen atoms in total. The number of aromatic nitrogens is 3. The smallest absolute Gasteiger partial charge is 0.107 e. The molecule has 2 rings (SSSR count). The van der Waals surface area contributed by atoms with Crippen LogP contribution in [0.4, 0.5) is 0 Å². The van der Waals surface area contributed by atoms with E-state index in [2.05, 4.69) is 15.0 Å². The summed E-state index contributed by atoms with van der Waals surface area (Å²) in [6.45, 7) is 0. The van der Waals surface area contributed by atoms with Crippen LogP contribution in [0, 0.1) is 0 Å². The number of nitrogens with one attached hydrogen (secondary N) is 1. The minimum Gasteiger partial charge on any atom is -0.342 e. The molecule has 1 N–H and O–H groups in total. The molecule has 0 aliphatic heterocycles. The Bertz CT molecular complexity index is 397. The highest BCUT2D eigenvalue weighted by Gasteiger charge is 2.01. The SMILES string of the molecule is ClCCc1ncc(-c2cccnc2)[nH]1. The Morgan fingerprint density at radius 1 is 1.36 bits per heavy atom. The summed E-state index contributed by atoms with van der Waals surface area (Å²) in [6.07, 6.45) is 6.12. The van der Waals surface area contributed by atoms with Gasteiger partial charge in [-0.1, -0.05) is 0 Å². The van der Waals surface area contributed by atoms with Crippen LogP contribution in [-0.4, -0.2) is 20.8 Å². The molecule has 72 valence electrons. The highest BCUT2D eigenvalue weighted by atomic mass is 35.5. The molecular weight excluding hydrogens is 198 g/mol. The Morgan fingerprint density at radius 3 is 3.00 bits per heavy atom. The summed E-state index contributed by atoms with van der Waals surface area (Å²) in [4.78, 5) is 11.5. The van der Waals surface area contributed by atoms with Crippen LogP contribution in [0.25, 0.3) is 11.3 Å². The van der Waals surface area contributed by atoms with Gasteiger partial charge in [-0.25, -0.2) is 4.98 Å². The molecule has 4 heteroatoms. The van der Waals surface area contributed by atoms with E-state index in [4.69, 9.17) is 11.6 Å². The summed E-state index contributed by atoms with van der Waals surface area (Å²) in [6, 6.07) is 3.89. The third-order valence-electron chi connectivity index (χ3n) is 1.93. The molecule has 0 bridgehead atoms. The second-order valence-corrected chi connectivity index (χ2v) is 3.30. The van der Waals surface area contributed by atoms with E-state index in [0.29, 0.717) is 5.88 Å². The van der Waals surface area contributed by atoms with E-state index in [1.54, 1.807) is 18.6 Å². The highest BCUT2D eigenvalue weighted by molar-refractivity contribution is 6.17. The molecule has 2 aromatic heterocycles. The van der Waals surface area contributed by atoms with Crippen molar-refractivity contribution in [1.82, 2.24) is 15.0 Å². The van der Waals surface area contributed by atoms with Gasteiger partial charge in [-0.3, -0.25) is 4.98 Å². The molecule has 0 amide bonds. The van der Waals surface area contributed by atoms with Gasteiger partial charge in [0.15, 0.2) is 0 Å². The Morgan fingerprint density at radius 2 is 2.29 bits per heavy atom. The van der Waals surface area contributed by atoms with Crippen molar-refractivity contribution in [2.45, 2.75) is 6.42 Å². The number of aryl methyl sites for hydroxylation is 1. The van der Waals surface area contributed by atoms with Crippen molar-refractivity contribution in [3.63, 3.8) is 0 Å². The molecule has 0 aromatic carbocycles. The summed E-state index contributed by atoms with van der Waals surface area (Å²) >= 11 is 5.62. The third-order valence-corrected chi connectivity index (χ3v) is 2.12. The summed E-state index contributed by atoms with van der Waals surface area (Å²) in [5, 5.41) is 0. The number of pyridine rings is 1. The maximum atomic E-state index is 5.62. The fourth-order valence-electron chi connectivity index (χ4n) is 1.25. The lowest BCUT2D eigenvalue weighted by Gasteiger charge is -1.94. The fraction of sp³-hybridized carbons (Fsp3) is 0.200. The zero-order valence-corrected chi connectivity index (χ0v) is 8.33. The van der Waals surface area contributed by atoms with Crippen molar-refractivity contribution >= 4 is 11.6 Å². The van der Waals surface area contributed by atoms with Crippen LogP contribution in [0.3, 0.4) is 0 Å². The molecule has 2 aromatic rings. The van der Waals surface area contributed by atoms with Crippen molar-refractivity contribution < 1.29 is 0 Å². The first kappa shape index (κ1) is 9.21. The van der Waals surface area contributed by atoms with E-state index in [1.165, 1.54) is 0 Å². The van der Waals surface area contributed by atoms with E-state index in [1.807, 2.05) is 12.1 Å². The molecule has 0 unspecified atom stereocenters. The number of aromatic amines is 1. The summed E-state index contributed by atoms with van der Waals surface area (Å²) in [5.41, 5.74) is 2.03. The first-order valence-corrected chi connectivity index (χ1v) is 4.94. The van der Waals surface area contributed by atoms with Gasteiger partial charge in [0.1, 0.15) is 5.82 Å². The Labute approximate surface area is 87.2 Å². The van der Waals surface area contributed by atoms with Gasteiger partial charge in [-0.05, 0) is 12.1 Å². The largest absolute Gasteiger partial charge is 0.342 e. The van der Waals surface area contributed by atoms with Crippen molar-refractivity contribution in [3.8, 4) is 11.3 Å². The average Bonchev–Trinajstić information content (AvgIpc) is 2.68. The molecule has 0 fully saturated rings. The topological polar surface area (TPSA) is 41.6 Å². The van der Waals surface area contributed by atoms with Gasteiger partial charge in [0, 0.05) is 30.3 Å². The zero-order valence-electron chi connectivity index (χ0n) is 7.57. The van der Waals surface area contributed by atoms with Crippen molar-refractivity contribution in [3.05, 3.63) is 36.5 Å². The number of nitrogens with zero attached hydrogens (tertiary/aromatic N) is 2. The Kier molecular flexibility index (Phi) is 2.79. The first-order chi connectivity index (χ1) is 6.90. The number of alkyl halides is 1. The lowest BCUT2D eigenvalue weighted by Crippen LogP contribution is -1.88. The maximum absolute atomic E-state index is 5.62. The van der Waals surface area contributed by atoms with Crippen LogP contribution < -0.4 is 0 Å². The number of rotatable bonds is 3. The van der Waals surface area contributed by atoms with E-state index in [-0.39, 0.29) is 0 Å². The number of hydrogen-bond donors (Lipinski definition) is 1. The van der Waals surface area contributed by atoms with Crippen molar-refractivity contribution in [2.75, 3.05) is 5.88 Å². The number of hydrogen-bond acceptors (Lipinski definition) is 2. The quantitative estimate of drug-likeness (QED) is 0.785. The highest BCUT2D eigenvalue weighted by Crippen LogP contribution is 2.14. The Balaban J connectivity index is 2.25. The van der Waals surface area contributed by atoms with E-state index >= 15 is 0 Å². The molecule has 0 saturated carbocycles. The van der Waals surface area contributed by atoms with Gasteiger partial charge in [0.25, 0.3) is 0 Å². The molecule has 0 aliphatic rings. The second kappa shape index (κ2) is 4.24. The molecule has 0 saturated heterocycles. The fourth-order valence-corrected chi connectivity index (χ4v) is 1.43. The minimum absolute atomic E-state index is 0.583. The summed E-state index contributed by atoms with van der Waals surface area (Å²) < 4.78 is 0. The first-order valence-electron chi connectivity index (χ1n) is 4.40. The minimum atomic E-state index is 0.583. The predicted molar refractivity (Wildman–Crippen MR) is 56.2 cm³/mol. The van der Waals surface area contributed by atoms with Crippen LogP contribution in [-0.2, 0) is 6.42 Å². The normalized spacial score (nSPS) is 10.4. The van der Waals surface area contributed by atoms with Gasteiger partial charge in [0.2, 0.25) is 0 Å². The number of imidazole rings is 1. The molecule has 0 spiro atoms. The molecule has 2 heterocycles. The lowest BCUT2D eigenvalue weighted by atomic mass is 10.2. The van der Waals surface area contributed by atoms with Gasteiger partial charge in [-0.15, -0.1) is 11.6 Å². The third kappa shape index (κ3) is 1.93. The Hall–Kier alpha value is -1.35. The van der Waals surface area contributed by atoms with Crippen LogP contribution in [0.15, 0.2) is 30.7 Å². The monoisotopic (exact) mass is 207 g/mol. The molecule has 0 aliphatic carbocycles. The molecule has 0 radical (unpaired) electrons. The predicted octanol–water partition coefficient (Wildman–Crippen LogP) is 2.25. The number of H-pyrrole nitrogens is 1. The van der Waals surface area contributed by atoms with E-state index < -0.39 is 0 Å². The lowest BCUT2D eigenvalue weighted by molar-refractivity contribution is 0.996. The van der Waals surface area contributed by atoms with E-state index in [9.17, 15) is 0 Å². The van der Waals surface area contributed by atoms with Crippen molar-refractivity contribution in [2.24, 2.45) is 0 Å². The van der Waals surface area contributed by atoms with Gasteiger partial charge < -0.3 is 4.98 Å². The van der Waals surface area contributed by atoms with Gasteiger partial charge in [0.05, 0.1) is 11.9 Å². The van der Waals surface area contributed by atoms with E-state index in [0.717, 1.165) is 23.5 Å². The number of halogens is 1.